The number of piperazine rings is 1. The average Bonchev–Trinajstić information content (AvgIpc) is 2.98. The van der Waals surface area contributed by atoms with Gasteiger partial charge in [-0.05, 0) is 32.4 Å². The number of hydrogen-bond acceptors (Lipinski definition) is 4. The van der Waals surface area contributed by atoms with Crippen molar-refractivity contribution < 1.29 is 8.42 Å². The third-order valence-electron chi connectivity index (χ3n) is 3.94. The van der Waals surface area contributed by atoms with Crippen molar-refractivity contribution in [1.82, 2.24) is 19.4 Å². The Labute approximate surface area is 107 Å². The Bertz CT molecular complexity index is 513. The molecule has 2 fully saturated rings. The van der Waals surface area contributed by atoms with Crippen LogP contribution in [0.4, 0.5) is 0 Å². The third kappa shape index (κ3) is 1.86. The fourth-order valence-corrected chi connectivity index (χ4v) is 4.57. The summed E-state index contributed by atoms with van der Waals surface area (Å²) in [6.45, 7) is 4.51. The summed E-state index contributed by atoms with van der Waals surface area (Å²) in [7, 11) is -3.42. The molecule has 0 saturated carbocycles. The van der Waals surface area contributed by atoms with Crippen LogP contribution in [0.2, 0.25) is 0 Å². The fourth-order valence-electron chi connectivity index (χ4n) is 3.01. The summed E-state index contributed by atoms with van der Waals surface area (Å²) in [5.74, 6) is 0. The maximum Gasteiger partial charge on any atom is 0.260 e. The molecule has 0 radical (unpaired) electrons. The molecule has 1 aromatic rings. The Balaban J connectivity index is 1.88. The van der Waals surface area contributed by atoms with E-state index in [1.807, 2.05) is 6.92 Å². The van der Waals surface area contributed by atoms with Gasteiger partial charge in [-0.1, -0.05) is 0 Å². The van der Waals surface area contributed by atoms with E-state index in [4.69, 9.17) is 0 Å². The van der Waals surface area contributed by atoms with E-state index >= 15 is 0 Å². The molecule has 0 bridgehead atoms. The van der Waals surface area contributed by atoms with Gasteiger partial charge in [-0.2, -0.15) is 9.40 Å². The van der Waals surface area contributed by atoms with Crippen molar-refractivity contribution in [3.05, 3.63) is 12.3 Å². The minimum atomic E-state index is -3.42. The Kier molecular flexibility index (Phi) is 2.91. The standard InChI is InChI=1S/C11H18N4O2S/c1-9-7-14-6-2-3-10(14)8-15(9)18(16,17)11-4-5-12-13-11/h4-5,9-10H,2-3,6-8H2,1H3,(H,12,13). The summed E-state index contributed by atoms with van der Waals surface area (Å²) in [5, 5.41) is 6.49. The highest BCUT2D eigenvalue weighted by Crippen LogP contribution is 2.28. The molecule has 2 aliphatic rings. The Hall–Kier alpha value is -0.920. The van der Waals surface area contributed by atoms with Gasteiger partial charge in [0.2, 0.25) is 0 Å². The van der Waals surface area contributed by atoms with Gasteiger partial charge >= 0.3 is 0 Å². The van der Waals surface area contributed by atoms with Crippen molar-refractivity contribution in [2.24, 2.45) is 0 Å². The lowest BCUT2D eigenvalue weighted by Crippen LogP contribution is -2.56. The zero-order valence-electron chi connectivity index (χ0n) is 10.4. The van der Waals surface area contributed by atoms with E-state index in [0.717, 1.165) is 19.5 Å². The molecule has 0 spiro atoms. The largest absolute Gasteiger partial charge is 0.297 e. The molecule has 1 aromatic heterocycles. The van der Waals surface area contributed by atoms with Crippen LogP contribution in [0, 0.1) is 0 Å². The smallest absolute Gasteiger partial charge is 0.260 e. The third-order valence-corrected chi connectivity index (χ3v) is 5.85. The first-order valence-electron chi connectivity index (χ1n) is 6.34. The molecule has 0 amide bonds. The van der Waals surface area contributed by atoms with E-state index in [1.165, 1.54) is 18.7 Å². The van der Waals surface area contributed by atoms with Crippen molar-refractivity contribution in [3.63, 3.8) is 0 Å². The van der Waals surface area contributed by atoms with Crippen LogP contribution >= 0.6 is 0 Å². The van der Waals surface area contributed by atoms with E-state index < -0.39 is 10.0 Å². The van der Waals surface area contributed by atoms with Gasteiger partial charge in [0.15, 0.2) is 5.03 Å². The highest BCUT2D eigenvalue weighted by molar-refractivity contribution is 7.89. The second-order valence-corrected chi connectivity index (χ2v) is 6.99. The highest BCUT2D eigenvalue weighted by Gasteiger charge is 2.40. The van der Waals surface area contributed by atoms with Crippen molar-refractivity contribution in [3.8, 4) is 0 Å². The van der Waals surface area contributed by atoms with Crippen LogP contribution in [0.3, 0.4) is 0 Å². The molecule has 18 heavy (non-hydrogen) atoms. The lowest BCUT2D eigenvalue weighted by molar-refractivity contribution is 0.117. The summed E-state index contributed by atoms with van der Waals surface area (Å²) in [5.41, 5.74) is 0. The topological polar surface area (TPSA) is 69.3 Å². The Morgan fingerprint density at radius 3 is 3.00 bits per heavy atom. The molecule has 100 valence electrons. The summed E-state index contributed by atoms with van der Waals surface area (Å²) in [4.78, 5) is 2.41. The average molecular weight is 270 g/mol. The van der Waals surface area contributed by atoms with Gasteiger partial charge in [0.25, 0.3) is 10.0 Å². The number of hydrogen-bond donors (Lipinski definition) is 1. The molecular formula is C11H18N4O2S. The number of nitrogens with zero attached hydrogens (tertiary/aromatic N) is 3. The number of fused-ring (bicyclic) bond motifs is 1. The molecule has 3 heterocycles. The molecule has 0 aliphatic carbocycles. The monoisotopic (exact) mass is 270 g/mol. The van der Waals surface area contributed by atoms with Crippen molar-refractivity contribution >= 4 is 10.0 Å². The molecular weight excluding hydrogens is 252 g/mol. The fraction of sp³-hybridized carbons (Fsp3) is 0.727. The summed E-state index contributed by atoms with van der Waals surface area (Å²) >= 11 is 0. The SMILES string of the molecule is CC1CN2CCCC2CN1S(=O)(=O)c1ccn[nH]1. The van der Waals surface area contributed by atoms with Crippen LogP contribution < -0.4 is 0 Å². The molecule has 1 N–H and O–H groups in total. The number of aromatic nitrogens is 2. The van der Waals surface area contributed by atoms with Gasteiger partial charge in [-0.15, -0.1) is 0 Å². The first-order valence-corrected chi connectivity index (χ1v) is 7.78. The highest BCUT2D eigenvalue weighted by atomic mass is 32.2. The number of H-pyrrole nitrogens is 1. The van der Waals surface area contributed by atoms with Crippen molar-refractivity contribution in [2.75, 3.05) is 19.6 Å². The number of rotatable bonds is 2. The molecule has 3 rings (SSSR count). The molecule has 2 unspecified atom stereocenters. The van der Waals surface area contributed by atoms with Gasteiger partial charge in [0.1, 0.15) is 0 Å². The number of sulfonamides is 1. The van der Waals surface area contributed by atoms with Crippen molar-refractivity contribution in [1.29, 1.82) is 0 Å². The first-order chi connectivity index (χ1) is 8.59. The quantitative estimate of drug-likeness (QED) is 0.837. The molecule has 7 heteroatoms. The van der Waals surface area contributed by atoms with Gasteiger partial charge in [0, 0.05) is 25.2 Å². The molecule has 6 nitrogen and oxygen atoms in total. The maximum atomic E-state index is 12.5. The van der Waals surface area contributed by atoms with Crippen LogP contribution in [0.5, 0.6) is 0 Å². The Morgan fingerprint density at radius 1 is 1.44 bits per heavy atom. The van der Waals surface area contributed by atoms with E-state index in [-0.39, 0.29) is 11.1 Å². The van der Waals surface area contributed by atoms with Crippen LogP contribution in [0.25, 0.3) is 0 Å². The lowest BCUT2D eigenvalue weighted by atomic mass is 10.1. The van der Waals surface area contributed by atoms with Gasteiger partial charge in [-0.3, -0.25) is 10.00 Å². The van der Waals surface area contributed by atoms with Crippen LogP contribution in [0.1, 0.15) is 19.8 Å². The molecule has 2 atom stereocenters. The van der Waals surface area contributed by atoms with Crippen LogP contribution in [-0.2, 0) is 10.0 Å². The number of aromatic amines is 1. The van der Waals surface area contributed by atoms with E-state index in [2.05, 4.69) is 15.1 Å². The van der Waals surface area contributed by atoms with E-state index in [0.29, 0.717) is 12.6 Å². The first kappa shape index (κ1) is 12.1. The molecule has 2 saturated heterocycles. The van der Waals surface area contributed by atoms with Crippen molar-refractivity contribution in [2.45, 2.75) is 36.9 Å². The van der Waals surface area contributed by atoms with Crippen LogP contribution in [0.15, 0.2) is 17.3 Å². The minimum Gasteiger partial charge on any atom is -0.297 e. The maximum absolute atomic E-state index is 12.5. The number of nitrogens with one attached hydrogen (secondary N) is 1. The minimum absolute atomic E-state index is 0.0210. The predicted octanol–water partition coefficient (Wildman–Crippen LogP) is 0.267. The molecule has 2 aliphatic heterocycles. The van der Waals surface area contributed by atoms with E-state index in [9.17, 15) is 8.42 Å². The summed E-state index contributed by atoms with van der Waals surface area (Å²) in [6.07, 6.45) is 3.75. The second-order valence-electron chi connectivity index (χ2n) is 5.14. The Morgan fingerprint density at radius 2 is 2.28 bits per heavy atom. The van der Waals surface area contributed by atoms with E-state index in [1.54, 1.807) is 4.31 Å². The molecule has 0 aromatic carbocycles. The lowest BCUT2D eigenvalue weighted by Gasteiger charge is -2.40. The van der Waals surface area contributed by atoms with Gasteiger partial charge in [0.05, 0.1) is 6.20 Å². The second kappa shape index (κ2) is 4.32. The summed E-state index contributed by atoms with van der Waals surface area (Å²) < 4.78 is 26.6. The van der Waals surface area contributed by atoms with Gasteiger partial charge in [-0.25, -0.2) is 8.42 Å². The predicted molar refractivity (Wildman–Crippen MR) is 66.5 cm³/mol. The zero-order chi connectivity index (χ0) is 12.8. The normalized spacial score (nSPS) is 30.5. The zero-order valence-corrected chi connectivity index (χ0v) is 11.2. The van der Waals surface area contributed by atoms with Crippen LogP contribution in [-0.4, -0.2) is 59.5 Å². The van der Waals surface area contributed by atoms with Gasteiger partial charge < -0.3 is 0 Å². The summed E-state index contributed by atoms with van der Waals surface area (Å²) in [6, 6.07) is 1.93.